The van der Waals surface area contributed by atoms with Crippen molar-refractivity contribution in [3.8, 4) is 33.4 Å². The van der Waals surface area contributed by atoms with Gasteiger partial charge in [0.15, 0.2) is 0 Å². The summed E-state index contributed by atoms with van der Waals surface area (Å²) in [4.78, 5) is 2.38. The molecule has 2 heteroatoms. The van der Waals surface area contributed by atoms with E-state index in [4.69, 9.17) is 4.42 Å². The lowest BCUT2D eigenvalue weighted by Gasteiger charge is -2.27. The lowest BCUT2D eigenvalue weighted by atomic mass is 9.93. The highest BCUT2D eigenvalue weighted by Crippen LogP contribution is 2.44. The molecule has 0 fully saturated rings. The van der Waals surface area contributed by atoms with E-state index in [2.05, 4.69) is 223 Å². The van der Waals surface area contributed by atoms with Gasteiger partial charge < -0.3 is 9.32 Å². The van der Waals surface area contributed by atoms with Crippen LogP contribution >= 0.6 is 0 Å². The zero-order valence-electron chi connectivity index (χ0n) is 32.7. The Kier molecular flexibility index (Phi) is 7.89. The molecule has 0 radical (unpaired) electrons. The number of hydrogen-bond acceptors (Lipinski definition) is 2. The molecule has 0 aliphatic rings. The number of hydrogen-bond donors (Lipinski definition) is 0. The minimum atomic E-state index is 0.868. The van der Waals surface area contributed by atoms with E-state index in [0.717, 1.165) is 44.6 Å². The second-order valence-corrected chi connectivity index (χ2v) is 15.7. The summed E-state index contributed by atoms with van der Waals surface area (Å²) in [7, 11) is 0. The molecule has 0 bridgehead atoms. The molecular weight excluding hydrogens is 727 g/mol. The molecule has 0 unspecified atom stereocenters. The predicted molar refractivity (Wildman–Crippen MR) is 255 cm³/mol. The fourth-order valence-electron chi connectivity index (χ4n) is 9.31. The molecule has 60 heavy (non-hydrogen) atoms. The van der Waals surface area contributed by atoms with Crippen molar-refractivity contribution in [2.24, 2.45) is 0 Å². The molecule has 11 aromatic carbocycles. The van der Waals surface area contributed by atoms with Gasteiger partial charge in [0.1, 0.15) is 11.2 Å². The van der Waals surface area contributed by atoms with Gasteiger partial charge in [0.05, 0.1) is 11.1 Å². The lowest BCUT2D eigenvalue weighted by molar-refractivity contribution is 0.669. The Morgan fingerprint density at radius 3 is 1.63 bits per heavy atom. The van der Waals surface area contributed by atoms with Gasteiger partial charge in [-0.1, -0.05) is 176 Å². The summed E-state index contributed by atoms with van der Waals surface area (Å²) in [6.45, 7) is 0. The summed E-state index contributed by atoms with van der Waals surface area (Å²) in [6, 6.07) is 81.3. The highest BCUT2D eigenvalue weighted by Gasteiger charge is 2.20. The molecule has 0 spiro atoms. The molecule has 0 aliphatic heterocycles. The van der Waals surface area contributed by atoms with E-state index in [-0.39, 0.29) is 0 Å². The fraction of sp³-hybridized carbons (Fsp3) is 0. The molecule has 0 atom stereocenters. The number of para-hydroxylation sites is 1. The second-order valence-electron chi connectivity index (χ2n) is 15.7. The van der Waals surface area contributed by atoms with Crippen molar-refractivity contribution in [1.82, 2.24) is 0 Å². The summed E-state index contributed by atoms with van der Waals surface area (Å²) in [5.74, 6) is 0. The monoisotopic (exact) mass is 763 g/mol. The summed E-state index contributed by atoms with van der Waals surface area (Å²) in [6.07, 6.45) is 0. The smallest absolute Gasteiger partial charge is 0.137 e. The van der Waals surface area contributed by atoms with E-state index in [1.54, 1.807) is 0 Å². The number of benzene rings is 11. The first-order chi connectivity index (χ1) is 29.7. The summed E-state index contributed by atoms with van der Waals surface area (Å²) in [5.41, 5.74) is 12.1. The zero-order chi connectivity index (χ0) is 39.6. The number of nitrogens with zero attached hydrogens (tertiary/aromatic N) is 1. The zero-order valence-corrected chi connectivity index (χ0v) is 32.7. The third-order valence-electron chi connectivity index (χ3n) is 12.2. The lowest BCUT2D eigenvalue weighted by Crippen LogP contribution is -2.10. The molecule has 280 valence electrons. The first-order valence-electron chi connectivity index (χ1n) is 20.6. The first-order valence-corrected chi connectivity index (χ1v) is 20.6. The Bertz CT molecular complexity index is 3600. The summed E-state index contributed by atoms with van der Waals surface area (Å²) in [5, 5.41) is 12.3. The van der Waals surface area contributed by atoms with Crippen LogP contribution in [0.15, 0.2) is 229 Å². The van der Waals surface area contributed by atoms with Gasteiger partial charge in [0.25, 0.3) is 0 Å². The normalized spacial score (nSPS) is 11.7. The van der Waals surface area contributed by atoms with E-state index in [1.165, 1.54) is 70.9 Å². The van der Waals surface area contributed by atoms with E-state index in [1.807, 2.05) is 6.07 Å². The highest BCUT2D eigenvalue weighted by atomic mass is 16.3. The maximum Gasteiger partial charge on any atom is 0.137 e. The van der Waals surface area contributed by atoms with E-state index in [9.17, 15) is 0 Å². The van der Waals surface area contributed by atoms with Gasteiger partial charge in [-0.25, -0.2) is 0 Å². The average Bonchev–Trinajstić information content (AvgIpc) is 3.71. The molecule has 0 N–H and O–H groups in total. The van der Waals surface area contributed by atoms with Crippen molar-refractivity contribution in [1.29, 1.82) is 0 Å². The molecular formula is C58H37NO. The molecule has 1 heterocycles. The van der Waals surface area contributed by atoms with Crippen molar-refractivity contribution in [2.45, 2.75) is 0 Å². The average molecular weight is 764 g/mol. The van der Waals surface area contributed by atoms with Crippen molar-refractivity contribution in [2.75, 3.05) is 4.90 Å². The minimum Gasteiger partial charge on any atom is -0.456 e. The molecule has 0 saturated heterocycles. The van der Waals surface area contributed by atoms with Gasteiger partial charge in [-0.15, -0.1) is 0 Å². The van der Waals surface area contributed by atoms with Crippen LogP contribution in [0.5, 0.6) is 0 Å². The Labute approximate surface area is 347 Å². The summed E-state index contributed by atoms with van der Waals surface area (Å²) >= 11 is 0. The van der Waals surface area contributed by atoms with E-state index >= 15 is 0 Å². The minimum absolute atomic E-state index is 0.868. The maximum absolute atomic E-state index is 6.42. The second kappa shape index (κ2) is 13.9. The van der Waals surface area contributed by atoms with Gasteiger partial charge in [-0.05, 0) is 125 Å². The standard InChI is InChI=1S/C58H37NO/c1-3-14-48-41(11-1)32-35-52-49(17-8-18-51(48)52)42-24-22-38(23-25-42)39-30-33-46(34-31-39)59(55-19-9-21-57-58(55)53-16-5-6-20-56(53)60-57)47-13-7-12-44(36-47)45-29-28-43-27-26-40-10-2-4-15-50(40)54(43)37-45/h1-37H. The Morgan fingerprint density at radius 2 is 0.833 bits per heavy atom. The van der Waals surface area contributed by atoms with E-state index in [0.29, 0.717) is 0 Å². The van der Waals surface area contributed by atoms with Crippen LogP contribution in [0.4, 0.5) is 17.1 Å². The first kappa shape index (κ1) is 34.1. The van der Waals surface area contributed by atoms with Crippen LogP contribution < -0.4 is 4.90 Å². The Morgan fingerprint density at radius 1 is 0.283 bits per heavy atom. The fourth-order valence-corrected chi connectivity index (χ4v) is 9.31. The molecule has 0 saturated carbocycles. The number of fused-ring (bicyclic) bond motifs is 9. The van der Waals surface area contributed by atoms with Gasteiger partial charge >= 0.3 is 0 Å². The van der Waals surface area contributed by atoms with Crippen LogP contribution in [0.2, 0.25) is 0 Å². The Balaban J connectivity index is 0.951. The SMILES string of the molecule is c1cc(-c2ccc3ccc4ccccc4c3c2)cc(N(c2ccc(-c3ccc(-c4cccc5c4ccc4ccccc45)cc3)cc2)c2cccc3oc4ccccc4c23)c1. The van der Waals surface area contributed by atoms with Crippen molar-refractivity contribution < 1.29 is 4.42 Å². The molecule has 0 amide bonds. The molecule has 12 rings (SSSR count). The van der Waals surface area contributed by atoms with Gasteiger partial charge in [0, 0.05) is 16.8 Å². The molecule has 0 aliphatic carbocycles. The molecule has 2 nitrogen and oxygen atoms in total. The number of anilines is 3. The van der Waals surface area contributed by atoms with Crippen LogP contribution in [0.25, 0.3) is 98.4 Å². The van der Waals surface area contributed by atoms with Gasteiger partial charge in [-0.3, -0.25) is 0 Å². The predicted octanol–water partition coefficient (Wildman–Crippen LogP) is 16.7. The number of furan rings is 1. The van der Waals surface area contributed by atoms with Gasteiger partial charge in [0.2, 0.25) is 0 Å². The van der Waals surface area contributed by atoms with Crippen molar-refractivity contribution in [3.05, 3.63) is 224 Å². The highest BCUT2D eigenvalue weighted by molar-refractivity contribution is 6.14. The maximum atomic E-state index is 6.42. The van der Waals surface area contributed by atoms with Crippen LogP contribution in [0.3, 0.4) is 0 Å². The Hall–Kier alpha value is -7.94. The van der Waals surface area contributed by atoms with Crippen LogP contribution in [-0.2, 0) is 0 Å². The van der Waals surface area contributed by atoms with Gasteiger partial charge in [-0.2, -0.15) is 0 Å². The van der Waals surface area contributed by atoms with Crippen LogP contribution in [0.1, 0.15) is 0 Å². The van der Waals surface area contributed by atoms with Crippen molar-refractivity contribution >= 4 is 82.1 Å². The summed E-state index contributed by atoms with van der Waals surface area (Å²) < 4.78 is 6.42. The van der Waals surface area contributed by atoms with Crippen LogP contribution in [-0.4, -0.2) is 0 Å². The largest absolute Gasteiger partial charge is 0.456 e. The van der Waals surface area contributed by atoms with E-state index < -0.39 is 0 Å². The van der Waals surface area contributed by atoms with Crippen LogP contribution in [0, 0.1) is 0 Å². The topological polar surface area (TPSA) is 16.4 Å². The third-order valence-corrected chi connectivity index (χ3v) is 12.2. The third kappa shape index (κ3) is 5.65. The quantitative estimate of drug-likeness (QED) is 0.157. The number of rotatable bonds is 6. The van der Waals surface area contributed by atoms with Crippen molar-refractivity contribution in [3.63, 3.8) is 0 Å². The molecule has 12 aromatic rings. The molecule has 1 aromatic heterocycles.